The number of piperidine rings is 1. The van der Waals surface area contributed by atoms with Crippen molar-refractivity contribution >= 4 is 28.5 Å². The number of hydrogen-bond acceptors (Lipinski definition) is 4. The normalized spacial score (nSPS) is 17.2. The van der Waals surface area contributed by atoms with Gasteiger partial charge in [-0.1, -0.05) is 11.6 Å². The summed E-state index contributed by atoms with van der Waals surface area (Å²) in [6.07, 6.45) is 3.39. The lowest BCUT2D eigenvalue weighted by Gasteiger charge is -2.39. The fourth-order valence-corrected chi connectivity index (χ4v) is 4.87. The second-order valence-corrected chi connectivity index (χ2v) is 11.2. The van der Waals surface area contributed by atoms with Gasteiger partial charge in [-0.15, -0.1) is 0 Å². The first-order valence-electron chi connectivity index (χ1n) is 10.6. The summed E-state index contributed by atoms with van der Waals surface area (Å²) in [5.41, 5.74) is 1.71. The summed E-state index contributed by atoms with van der Waals surface area (Å²) in [4.78, 5) is 28.4. The summed E-state index contributed by atoms with van der Waals surface area (Å²) >= 11 is 6.37. The molecule has 2 aromatic rings. The lowest BCUT2D eigenvalue weighted by atomic mass is 9.75. The van der Waals surface area contributed by atoms with Gasteiger partial charge in [0, 0.05) is 30.4 Å². The average molecular weight is 480 g/mol. The Balaban J connectivity index is 1.83. The minimum atomic E-state index is -1.54. The van der Waals surface area contributed by atoms with Crippen LogP contribution in [0.15, 0.2) is 35.3 Å². The van der Waals surface area contributed by atoms with Crippen LogP contribution in [0.4, 0.5) is 0 Å². The number of phenols is 1. The number of carbonyl (C=O) groups excluding carboxylic acids is 1. The van der Waals surface area contributed by atoms with Gasteiger partial charge in [0.15, 0.2) is 0 Å². The molecule has 174 valence electrons. The number of benzene rings is 1. The monoisotopic (exact) mass is 479 g/mol. The van der Waals surface area contributed by atoms with Crippen LogP contribution in [-0.4, -0.2) is 42.9 Å². The zero-order chi connectivity index (χ0) is 23.6. The summed E-state index contributed by atoms with van der Waals surface area (Å²) in [7, 11) is -1.54. The van der Waals surface area contributed by atoms with Gasteiger partial charge in [-0.3, -0.25) is 14.7 Å². The van der Waals surface area contributed by atoms with Gasteiger partial charge in [0.1, 0.15) is 5.75 Å². The van der Waals surface area contributed by atoms with Crippen molar-refractivity contribution in [3.8, 4) is 5.75 Å². The number of nitrogens with zero attached hydrogens (tertiary/aromatic N) is 1. The first-order valence-corrected chi connectivity index (χ1v) is 12.2. The van der Waals surface area contributed by atoms with Gasteiger partial charge in [-0.05, 0) is 81.2 Å². The van der Waals surface area contributed by atoms with E-state index in [1.807, 2.05) is 20.8 Å². The number of amides is 1. The Hall–Kier alpha value is -2.16. The lowest BCUT2D eigenvalue weighted by Crippen LogP contribution is -2.41. The number of halogens is 1. The van der Waals surface area contributed by atoms with Crippen molar-refractivity contribution in [1.29, 1.82) is 0 Å². The Kier molecular flexibility index (Phi) is 7.47. The number of aryl methyl sites for hydroxylation is 1. The molecule has 2 heterocycles. The van der Waals surface area contributed by atoms with E-state index in [1.54, 1.807) is 17.0 Å². The van der Waals surface area contributed by atoms with Crippen LogP contribution < -0.4 is 10.7 Å². The Bertz CT molecular complexity index is 1060. The number of hydrogen-bond donors (Lipinski definition) is 3. The van der Waals surface area contributed by atoms with E-state index < -0.39 is 15.7 Å². The summed E-state index contributed by atoms with van der Waals surface area (Å²) in [5.74, 6) is 0.0891. The minimum Gasteiger partial charge on any atom is -0.508 e. The average Bonchev–Trinajstić information content (AvgIpc) is 2.75. The van der Waals surface area contributed by atoms with Gasteiger partial charge in [0.2, 0.25) is 5.56 Å². The fraction of sp³-hybridized carbons (Fsp3) is 0.478. The maximum absolute atomic E-state index is 12.8. The molecule has 0 radical (unpaired) electrons. The standard InChI is InChI=1S/C23H30ClN3O4S/c1-14-10-20(28)17(11-19(14)24)18(12-23(2,3)32(25)31)15-6-8-27(9-7-15)22(30)16-4-5-21(29)26-13-16/h4-5,10-11,13,15,18,28H,6-9,12,25H2,1-3H3,(H,26,29)/t18-,32?/m1/s1. The third-order valence-corrected chi connectivity index (χ3v) is 8.05. The summed E-state index contributed by atoms with van der Waals surface area (Å²) in [6.45, 7) is 6.65. The van der Waals surface area contributed by atoms with Crippen LogP contribution in [0.2, 0.25) is 5.02 Å². The highest BCUT2D eigenvalue weighted by molar-refractivity contribution is 7.84. The topological polar surface area (TPSA) is 116 Å². The summed E-state index contributed by atoms with van der Waals surface area (Å²) in [6, 6.07) is 6.33. The molecule has 2 atom stereocenters. The molecule has 1 unspecified atom stereocenters. The van der Waals surface area contributed by atoms with Crippen LogP contribution in [0.5, 0.6) is 5.75 Å². The lowest BCUT2D eigenvalue weighted by molar-refractivity contribution is 0.0672. The summed E-state index contributed by atoms with van der Waals surface area (Å²) < 4.78 is 11.5. The van der Waals surface area contributed by atoms with E-state index in [0.717, 1.165) is 24.0 Å². The van der Waals surface area contributed by atoms with Crippen molar-refractivity contribution in [3.63, 3.8) is 0 Å². The molecule has 1 saturated heterocycles. The molecule has 7 nitrogen and oxygen atoms in total. The molecule has 1 aliphatic heterocycles. The molecular formula is C23H30ClN3O4S. The molecule has 0 bridgehead atoms. The first-order chi connectivity index (χ1) is 15.0. The van der Waals surface area contributed by atoms with Crippen LogP contribution in [0.3, 0.4) is 0 Å². The number of carbonyl (C=O) groups is 1. The third-order valence-electron chi connectivity index (χ3n) is 6.39. The van der Waals surface area contributed by atoms with Gasteiger partial charge in [-0.25, -0.2) is 4.21 Å². The number of phenolic OH excluding ortho intramolecular Hbond substituents is 1. The number of aromatic amines is 1. The molecule has 1 aromatic heterocycles. The molecule has 1 aliphatic rings. The largest absolute Gasteiger partial charge is 0.508 e. The molecule has 3 rings (SSSR count). The second kappa shape index (κ2) is 9.77. The maximum Gasteiger partial charge on any atom is 0.255 e. The Labute approximate surface area is 195 Å². The number of aromatic hydroxyl groups is 1. The van der Waals surface area contributed by atoms with Crippen molar-refractivity contribution in [2.75, 3.05) is 13.1 Å². The highest BCUT2D eigenvalue weighted by atomic mass is 35.5. The molecule has 1 fully saturated rings. The van der Waals surface area contributed by atoms with E-state index in [9.17, 15) is 18.9 Å². The van der Waals surface area contributed by atoms with Crippen LogP contribution >= 0.6 is 11.6 Å². The van der Waals surface area contributed by atoms with Gasteiger partial charge in [0.05, 0.1) is 21.3 Å². The smallest absolute Gasteiger partial charge is 0.255 e. The third kappa shape index (κ3) is 5.42. The number of pyridine rings is 1. The Morgan fingerprint density at radius 2 is 2.00 bits per heavy atom. The second-order valence-electron chi connectivity index (χ2n) is 9.10. The number of H-pyrrole nitrogens is 1. The summed E-state index contributed by atoms with van der Waals surface area (Å²) in [5, 5.41) is 17.0. The van der Waals surface area contributed by atoms with Crippen molar-refractivity contribution < 1.29 is 14.1 Å². The molecule has 0 spiro atoms. The fourth-order valence-electron chi connectivity index (χ4n) is 4.35. The van der Waals surface area contributed by atoms with Gasteiger partial charge >= 0.3 is 0 Å². The van der Waals surface area contributed by atoms with E-state index in [2.05, 4.69) is 4.98 Å². The number of likely N-dealkylation sites (tertiary alicyclic amines) is 1. The van der Waals surface area contributed by atoms with Crippen LogP contribution in [0.25, 0.3) is 0 Å². The predicted octanol–water partition coefficient (Wildman–Crippen LogP) is 3.47. The molecule has 1 amide bonds. The van der Waals surface area contributed by atoms with Gasteiger partial charge in [-0.2, -0.15) is 0 Å². The van der Waals surface area contributed by atoms with E-state index in [1.165, 1.54) is 18.3 Å². The number of rotatable bonds is 6. The number of nitrogens with one attached hydrogen (secondary N) is 1. The highest BCUT2D eigenvalue weighted by Gasteiger charge is 2.36. The van der Waals surface area contributed by atoms with Crippen molar-refractivity contribution in [3.05, 3.63) is 62.5 Å². The van der Waals surface area contributed by atoms with Crippen molar-refractivity contribution in [2.24, 2.45) is 11.1 Å². The Morgan fingerprint density at radius 3 is 2.56 bits per heavy atom. The van der Waals surface area contributed by atoms with Crippen LogP contribution in [-0.2, 0) is 11.0 Å². The van der Waals surface area contributed by atoms with E-state index in [-0.39, 0.29) is 29.1 Å². The maximum atomic E-state index is 12.8. The van der Waals surface area contributed by atoms with Gasteiger partial charge < -0.3 is 15.0 Å². The van der Waals surface area contributed by atoms with E-state index >= 15 is 0 Å². The van der Waals surface area contributed by atoms with Crippen molar-refractivity contribution in [2.45, 2.75) is 50.7 Å². The zero-order valence-corrected chi connectivity index (χ0v) is 20.1. The molecule has 0 aliphatic carbocycles. The quantitative estimate of drug-likeness (QED) is 0.588. The molecule has 0 saturated carbocycles. The van der Waals surface area contributed by atoms with Gasteiger partial charge in [0.25, 0.3) is 5.91 Å². The van der Waals surface area contributed by atoms with E-state index in [0.29, 0.717) is 30.1 Å². The predicted molar refractivity (Wildman–Crippen MR) is 127 cm³/mol. The van der Waals surface area contributed by atoms with Crippen LogP contribution in [0, 0.1) is 12.8 Å². The molecule has 1 aromatic carbocycles. The highest BCUT2D eigenvalue weighted by Crippen LogP contribution is 2.44. The molecule has 32 heavy (non-hydrogen) atoms. The SMILES string of the molecule is Cc1cc(O)c([C@H](CC(C)(C)S(N)=O)C2CCN(C(=O)c3ccc(=O)[nH]c3)CC2)cc1Cl. The van der Waals surface area contributed by atoms with Crippen LogP contribution in [0.1, 0.15) is 60.5 Å². The van der Waals surface area contributed by atoms with E-state index in [4.69, 9.17) is 16.7 Å². The van der Waals surface area contributed by atoms with Crippen molar-refractivity contribution in [1.82, 2.24) is 9.88 Å². The molecule has 9 heteroatoms. The molecular weight excluding hydrogens is 450 g/mol. The Morgan fingerprint density at radius 1 is 1.34 bits per heavy atom. The molecule has 4 N–H and O–H groups in total. The first kappa shape index (κ1) is 24.5. The zero-order valence-electron chi connectivity index (χ0n) is 18.6. The number of aromatic nitrogens is 1. The number of nitrogens with two attached hydrogens (primary N) is 1. The minimum absolute atomic E-state index is 0.110.